The molecule has 0 aliphatic heterocycles. The molecule has 0 spiro atoms. The Kier molecular flexibility index (Phi) is 8.23. The number of carbonyl (C=O) groups is 2. The van der Waals surface area contributed by atoms with Gasteiger partial charge < -0.3 is 5.11 Å². The van der Waals surface area contributed by atoms with Crippen molar-refractivity contribution in [1.82, 2.24) is 5.06 Å². The van der Waals surface area contributed by atoms with Crippen molar-refractivity contribution < 1.29 is 37.1 Å². The Morgan fingerprint density at radius 1 is 1.06 bits per heavy atom. The fourth-order valence-corrected chi connectivity index (χ4v) is 3.45. The van der Waals surface area contributed by atoms with E-state index in [2.05, 4.69) is 0 Å². The van der Waals surface area contributed by atoms with E-state index in [0.717, 1.165) is 22.4 Å². The number of carboxylic acids is 1. The third-order valence-corrected chi connectivity index (χ3v) is 4.85. The Labute approximate surface area is 180 Å². The molecule has 0 bridgehead atoms. The van der Waals surface area contributed by atoms with Gasteiger partial charge in [-0.2, -0.15) is 0 Å². The molecule has 0 radical (unpaired) electrons. The number of rotatable bonds is 9. The van der Waals surface area contributed by atoms with Gasteiger partial charge in [0, 0.05) is 0 Å². The summed E-state index contributed by atoms with van der Waals surface area (Å²) in [6, 6.07) is 8.54. The van der Waals surface area contributed by atoms with E-state index in [-0.39, 0.29) is 17.7 Å². The highest BCUT2D eigenvalue weighted by atomic mass is 32.2. The average Bonchev–Trinajstić information content (AvgIpc) is 2.73. The minimum Gasteiger partial charge on any atom is -0.477 e. The number of carbonyl (C=O) groups excluding carboxylic acids is 1. The molecule has 1 N–H and O–H groups in total. The van der Waals surface area contributed by atoms with Crippen molar-refractivity contribution >= 4 is 23.5 Å². The maximum absolute atomic E-state index is 14.1. The summed E-state index contributed by atoms with van der Waals surface area (Å²) < 4.78 is 54.6. The van der Waals surface area contributed by atoms with Gasteiger partial charge in [0.1, 0.15) is 10.6 Å². The van der Waals surface area contributed by atoms with Crippen LogP contribution in [0.2, 0.25) is 0 Å². The first-order valence-electron chi connectivity index (χ1n) is 8.95. The normalized spacial score (nSPS) is 12.0. The van der Waals surface area contributed by atoms with Gasteiger partial charge in [-0.3, -0.25) is 9.63 Å². The number of carboxylic acid groups (broad SMARTS) is 1. The van der Waals surface area contributed by atoms with E-state index in [1.807, 2.05) is 0 Å². The molecule has 10 heteroatoms. The Morgan fingerprint density at radius 3 is 2.19 bits per heavy atom. The highest BCUT2D eigenvalue weighted by molar-refractivity contribution is 8.02. The number of thioether (sulfide) groups is 1. The molecule has 0 amide bonds. The van der Waals surface area contributed by atoms with E-state index >= 15 is 0 Å². The molecule has 0 heterocycles. The molecule has 0 aliphatic rings. The Morgan fingerprint density at radius 2 is 1.68 bits per heavy atom. The first-order chi connectivity index (χ1) is 14.6. The van der Waals surface area contributed by atoms with Gasteiger partial charge in [0.2, 0.25) is 5.78 Å². The maximum Gasteiger partial charge on any atom is 0.342 e. The molecular formula is C21H19F4NO4S. The van der Waals surface area contributed by atoms with Gasteiger partial charge in [-0.1, -0.05) is 30.3 Å². The van der Waals surface area contributed by atoms with E-state index in [0.29, 0.717) is 0 Å². The molecule has 0 unspecified atom stereocenters. The lowest BCUT2D eigenvalue weighted by Crippen LogP contribution is -2.32. The minimum absolute atomic E-state index is 0.0261. The van der Waals surface area contributed by atoms with Crippen LogP contribution in [-0.4, -0.2) is 34.2 Å². The Balaban J connectivity index is 2.56. The zero-order valence-electron chi connectivity index (χ0n) is 16.8. The third kappa shape index (κ3) is 5.45. The molecule has 0 saturated carbocycles. The molecule has 2 aromatic carbocycles. The van der Waals surface area contributed by atoms with E-state index < -0.39 is 52.2 Å². The molecule has 2 rings (SSSR count). The fraction of sp³-hybridized carbons (Fsp3) is 0.238. The summed E-state index contributed by atoms with van der Waals surface area (Å²) in [5.74, 6) is -11.4. The number of hydroxylamine groups is 2. The van der Waals surface area contributed by atoms with Gasteiger partial charge in [-0.15, -0.1) is 11.8 Å². The first-order valence-corrected chi connectivity index (χ1v) is 10.2. The predicted octanol–water partition coefficient (Wildman–Crippen LogP) is 4.93. The largest absolute Gasteiger partial charge is 0.477 e. The smallest absolute Gasteiger partial charge is 0.342 e. The van der Waals surface area contributed by atoms with Crippen LogP contribution in [0, 0.1) is 23.3 Å². The van der Waals surface area contributed by atoms with Crippen LogP contribution >= 0.6 is 11.8 Å². The van der Waals surface area contributed by atoms with E-state index in [1.165, 1.54) is 6.26 Å². The number of hydrogen-bond acceptors (Lipinski definition) is 5. The van der Waals surface area contributed by atoms with Crippen LogP contribution in [0.3, 0.4) is 0 Å². The van der Waals surface area contributed by atoms with Crippen molar-refractivity contribution in [3.05, 3.63) is 81.4 Å². The van der Waals surface area contributed by atoms with Gasteiger partial charge in [-0.05, 0) is 31.7 Å². The monoisotopic (exact) mass is 457 g/mol. The Bertz CT molecular complexity index is 1010. The second-order valence-electron chi connectivity index (χ2n) is 6.55. The van der Waals surface area contributed by atoms with E-state index in [4.69, 9.17) is 4.84 Å². The lowest BCUT2D eigenvalue weighted by Gasteiger charge is -2.30. The lowest BCUT2D eigenvalue weighted by molar-refractivity contribution is -0.157. The van der Waals surface area contributed by atoms with Crippen LogP contribution in [0.4, 0.5) is 17.6 Å². The van der Waals surface area contributed by atoms with Crippen molar-refractivity contribution in [3.63, 3.8) is 0 Å². The van der Waals surface area contributed by atoms with Crippen LogP contribution in [0.5, 0.6) is 0 Å². The quantitative estimate of drug-likeness (QED) is 0.0842. The molecule has 166 valence electrons. The maximum atomic E-state index is 14.1. The summed E-state index contributed by atoms with van der Waals surface area (Å²) in [5, 5.41) is 10.6. The van der Waals surface area contributed by atoms with Crippen LogP contribution in [0.1, 0.15) is 29.8 Å². The summed E-state index contributed by atoms with van der Waals surface area (Å²) in [4.78, 5) is 30.4. The summed E-state index contributed by atoms with van der Waals surface area (Å²) in [7, 11) is 0. The molecular weight excluding hydrogens is 438 g/mol. The molecule has 0 aliphatic carbocycles. The molecule has 2 aromatic rings. The van der Waals surface area contributed by atoms with Gasteiger partial charge >= 0.3 is 5.97 Å². The molecule has 0 fully saturated rings. The molecule has 0 saturated heterocycles. The number of ketones is 1. The number of halogens is 4. The second-order valence-corrected chi connectivity index (χ2v) is 7.34. The zero-order valence-corrected chi connectivity index (χ0v) is 17.6. The van der Waals surface area contributed by atoms with E-state index in [9.17, 15) is 32.3 Å². The highest BCUT2D eigenvalue weighted by Gasteiger charge is 2.33. The van der Waals surface area contributed by atoms with Crippen LogP contribution in [0.15, 0.2) is 47.0 Å². The molecule has 0 aromatic heterocycles. The molecule has 0 atom stereocenters. The zero-order chi connectivity index (χ0) is 23.3. The molecule has 31 heavy (non-hydrogen) atoms. The van der Waals surface area contributed by atoms with Crippen LogP contribution < -0.4 is 0 Å². The van der Waals surface area contributed by atoms with Gasteiger partial charge in [-0.25, -0.2) is 27.4 Å². The second kappa shape index (κ2) is 10.5. The van der Waals surface area contributed by atoms with Crippen molar-refractivity contribution in [2.24, 2.45) is 0 Å². The fourth-order valence-electron chi connectivity index (χ4n) is 2.62. The highest BCUT2D eigenvalue weighted by Crippen LogP contribution is 2.29. The number of benzene rings is 2. The Hall–Kier alpha value is -2.85. The van der Waals surface area contributed by atoms with Gasteiger partial charge in [0.15, 0.2) is 23.3 Å². The minimum atomic E-state index is -2.21. The summed E-state index contributed by atoms with van der Waals surface area (Å²) >= 11 is 0.813. The van der Waals surface area contributed by atoms with Gasteiger partial charge in [0.05, 0.1) is 18.2 Å². The predicted molar refractivity (Wildman–Crippen MR) is 107 cm³/mol. The first kappa shape index (κ1) is 24.4. The summed E-state index contributed by atoms with van der Waals surface area (Å²) in [5.41, 5.74) is -1.46. The van der Waals surface area contributed by atoms with Crippen LogP contribution in [0.25, 0.3) is 0 Å². The number of Topliss-reactive ketones (excluding diaryl/α,β-unsaturated/α-hetero) is 1. The number of hydrogen-bond donors (Lipinski definition) is 1. The van der Waals surface area contributed by atoms with Crippen molar-refractivity contribution in [2.75, 3.05) is 6.26 Å². The van der Waals surface area contributed by atoms with Crippen molar-refractivity contribution in [1.29, 1.82) is 0 Å². The molecule has 5 nitrogen and oxygen atoms in total. The SMILES string of the molecule is CS/C(=C(\C(=O)O)C(=O)c1cc(F)c(F)c(F)c1F)N(OCc1ccccc1)C(C)C. The van der Waals surface area contributed by atoms with E-state index in [1.54, 1.807) is 44.2 Å². The average molecular weight is 457 g/mol. The van der Waals surface area contributed by atoms with Gasteiger partial charge in [0.25, 0.3) is 0 Å². The lowest BCUT2D eigenvalue weighted by atomic mass is 10.0. The third-order valence-electron chi connectivity index (χ3n) is 4.08. The summed E-state index contributed by atoms with van der Waals surface area (Å²) in [6.07, 6.45) is 1.45. The van der Waals surface area contributed by atoms with Crippen molar-refractivity contribution in [2.45, 2.75) is 26.5 Å². The topological polar surface area (TPSA) is 66.8 Å². The summed E-state index contributed by atoms with van der Waals surface area (Å²) in [6.45, 7) is 3.34. The standard InChI is InChI=1S/C21H19F4NO4S/c1-11(2)26(30-10-12-7-5-4-6-8-12)20(31-3)15(21(28)29)19(27)13-9-14(22)17(24)18(25)16(13)23/h4-9,11H,10H2,1-3H3,(H,28,29)/b20-15-. The van der Waals surface area contributed by atoms with Crippen LogP contribution in [-0.2, 0) is 16.2 Å². The number of nitrogens with zero attached hydrogens (tertiary/aromatic N) is 1. The number of aliphatic carboxylic acids is 1. The van der Waals surface area contributed by atoms with Crippen molar-refractivity contribution in [3.8, 4) is 0 Å².